The number of rotatable bonds is 6. The molecule has 0 radical (unpaired) electrons. The van der Waals surface area contributed by atoms with Gasteiger partial charge >= 0.3 is 0 Å². The highest BCUT2D eigenvalue weighted by atomic mass is 16.4. The van der Waals surface area contributed by atoms with Gasteiger partial charge in [0.15, 0.2) is 5.75 Å². The summed E-state index contributed by atoms with van der Waals surface area (Å²) < 4.78 is 5.37. The molecule has 0 saturated carbocycles. The number of hydrogen-bond acceptors (Lipinski definition) is 5. The van der Waals surface area contributed by atoms with Crippen molar-refractivity contribution < 1.29 is 14.3 Å². The third kappa shape index (κ3) is 4.77. The maximum atomic E-state index is 12.6. The zero-order chi connectivity index (χ0) is 19.2. The third-order valence-electron chi connectivity index (χ3n) is 5.03. The second kappa shape index (κ2) is 8.86. The Bertz CT molecular complexity index is 810. The highest BCUT2D eigenvalue weighted by Crippen LogP contribution is 2.21. The van der Waals surface area contributed by atoms with Crippen molar-refractivity contribution in [2.45, 2.75) is 38.8 Å². The number of hydrogen-bond donors (Lipinski definition) is 1. The first kappa shape index (κ1) is 19.2. The summed E-state index contributed by atoms with van der Waals surface area (Å²) in [7, 11) is 0. The van der Waals surface area contributed by atoms with E-state index < -0.39 is 5.43 Å². The molecule has 6 nitrogen and oxygen atoms in total. The van der Waals surface area contributed by atoms with E-state index in [1.54, 1.807) is 0 Å². The largest absolute Gasteiger partial charge is 0.502 e. The average molecular weight is 370 g/mol. The molecule has 0 bridgehead atoms. The highest BCUT2D eigenvalue weighted by molar-refractivity contribution is 5.94. The van der Waals surface area contributed by atoms with Crippen LogP contribution in [0, 0.1) is 0 Å². The lowest BCUT2D eigenvalue weighted by atomic mass is 10.0. The van der Waals surface area contributed by atoms with Crippen LogP contribution in [-0.4, -0.2) is 46.5 Å². The summed E-state index contributed by atoms with van der Waals surface area (Å²) >= 11 is 0. The lowest BCUT2D eigenvalue weighted by Gasteiger charge is -2.38. The Morgan fingerprint density at radius 2 is 1.96 bits per heavy atom. The molecule has 0 unspecified atom stereocenters. The van der Waals surface area contributed by atoms with Gasteiger partial charge in [-0.25, -0.2) is 0 Å². The topological polar surface area (TPSA) is 74.0 Å². The summed E-state index contributed by atoms with van der Waals surface area (Å²) in [4.78, 5) is 28.5. The molecule has 0 aliphatic carbocycles. The van der Waals surface area contributed by atoms with Crippen molar-refractivity contribution in [2.75, 3.05) is 19.6 Å². The van der Waals surface area contributed by atoms with E-state index in [9.17, 15) is 14.7 Å². The molecule has 2 heterocycles. The number of carbonyl (C=O) groups excluding carboxylic acids is 1. The average Bonchev–Trinajstić information content (AvgIpc) is 2.71. The fraction of sp³-hybridized carbons (Fsp3) is 0.429. The van der Waals surface area contributed by atoms with Gasteiger partial charge in [0.25, 0.3) is 5.91 Å². The van der Waals surface area contributed by atoms with Crippen LogP contribution in [0.3, 0.4) is 0 Å². The summed E-state index contributed by atoms with van der Waals surface area (Å²) in [6.45, 7) is 4.98. The van der Waals surface area contributed by atoms with E-state index in [1.165, 1.54) is 6.07 Å². The number of aromatic hydroxyl groups is 1. The maximum absolute atomic E-state index is 12.6. The molecule has 6 heteroatoms. The highest BCUT2D eigenvalue weighted by Gasteiger charge is 2.27. The fourth-order valence-electron chi connectivity index (χ4n) is 3.60. The number of amides is 1. The van der Waals surface area contributed by atoms with Crippen LogP contribution in [0.2, 0.25) is 0 Å². The molecule has 0 spiro atoms. The van der Waals surface area contributed by atoms with Gasteiger partial charge in [-0.1, -0.05) is 25.1 Å². The molecule has 144 valence electrons. The van der Waals surface area contributed by atoms with Crippen LogP contribution in [0.1, 0.15) is 42.3 Å². The van der Waals surface area contributed by atoms with Gasteiger partial charge in [0, 0.05) is 30.8 Å². The second-order valence-electron chi connectivity index (χ2n) is 6.96. The summed E-state index contributed by atoms with van der Waals surface area (Å²) in [5.41, 5.74) is 0.309. The van der Waals surface area contributed by atoms with Gasteiger partial charge in [0.1, 0.15) is 12.0 Å². The Hall–Kier alpha value is -2.60. The van der Waals surface area contributed by atoms with Gasteiger partial charge in [-0.3, -0.25) is 14.5 Å². The molecule has 1 aromatic heterocycles. The van der Waals surface area contributed by atoms with Gasteiger partial charge in [0.2, 0.25) is 5.43 Å². The van der Waals surface area contributed by atoms with Crippen molar-refractivity contribution in [1.82, 2.24) is 9.80 Å². The summed E-state index contributed by atoms with van der Waals surface area (Å²) in [5.74, 6) is 0.267. The minimum atomic E-state index is -0.420. The van der Waals surface area contributed by atoms with Crippen LogP contribution in [0.5, 0.6) is 5.75 Å². The van der Waals surface area contributed by atoms with Crippen molar-refractivity contribution in [1.29, 1.82) is 0 Å². The molecule has 3 rings (SSSR count). The summed E-state index contributed by atoms with van der Waals surface area (Å²) in [6.07, 6.45) is 3.87. The molecule has 1 aromatic carbocycles. The number of nitrogens with zero attached hydrogens (tertiary/aromatic N) is 2. The normalized spacial score (nSPS) is 15.3. The summed E-state index contributed by atoms with van der Waals surface area (Å²) in [6, 6.07) is 11.1. The van der Waals surface area contributed by atoms with Crippen molar-refractivity contribution in [3.8, 4) is 5.75 Å². The van der Waals surface area contributed by atoms with Crippen LogP contribution in [0.15, 0.2) is 51.9 Å². The van der Waals surface area contributed by atoms with Gasteiger partial charge in [-0.15, -0.1) is 0 Å². The summed E-state index contributed by atoms with van der Waals surface area (Å²) in [5, 5.41) is 9.35. The first-order valence-electron chi connectivity index (χ1n) is 9.47. The molecule has 2 aromatic rings. The lowest BCUT2D eigenvalue weighted by Crippen LogP contribution is -2.46. The first-order chi connectivity index (χ1) is 13.1. The molecule has 0 atom stereocenters. The monoisotopic (exact) mass is 370 g/mol. The standard InChI is InChI=1S/C21H26N2O4/c1-2-10-23(14-18-13-19(24)20(25)15-27-18)17-8-11-22(12-9-17)21(26)16-6-4-3-5-7-16/h3-7,13,15,17,25H,2,8-12,14H2,1H3. The number of piperidine rings is 1. The van der Waals surface area contributed by atoms with Gasteiger partial charge < -0.3 is 14.4 Å². The van der Waals surface area contributed by atoms with Crippen molar-refractivity contribution >= 4 is 5.91 Å². The zero-order valence-corrected chi connectivity index (χ0v) is 15.6. The van der Waals surface area contributed by atoms with Crippen LogP contribution < -0.4 is 5.43 Å². The minimum Gasteiger partial charge on any atom is -0.502 e. The van der Waals surface area contributed by atoms with Gasteiger partial charge in [0.05, 0.1) is 6.54 Å². The Kier molecular flexibility index (Phi) is 6.29. The van der Waals surface area contributed by atoms with E-state index in [4.69, 9.17) is 4.42 Å². The Balaban J connectivity index is 1.62. The molecule has 1 N–H and O–H groups in total. The van der Waals surface area contributed by atoms with Gasteiger partial charge in [-0.05, 0) is 37.9 Å². The molecular formula is C21H26N2O4. The maximum Gasteiger partial charge on any atom is 0.253 e. The quantitative estimate of drug-likeness (QED) is 0.846. The fourth-order valence-corrected chi connectivity index (χ4v) is 3.60. The third-order valence-corrected chi connectivity index (χ3v) is 5.03. The number of benzene rings is 1. The van der Waals surface area contributed by atoms with E-state index in [2.05, 4.69) is 11.8 Å². The Labute approximate surface area is 159 Å². The van der Waals surface area contributed by atoms with Crippen LogP contribution in [-0.2, 0) is 6.54 Å². The zero-order valence-electron chi connectivity index (χ0n) is 15.6. The lowest BCUT2D eigenvalue weighted by molar-refractivity contribution is 0.0595. The first-order valence-corrected chi connectivity index (χ1v) is 9.47. The SMILES string of the molecule is CCCN(Cc1cc(=O)c(O)co1)C1CCN(C(=O)c2ccccc2)CC1. The van der Waals surface area contributed by atoms with E-state index in [-0.39, 0.29) is 11.7 Å². The molecule has 1 saturated heterocycles. The van der Waals surface area contributed by atoms with Crippen LogP contribution >= 0.6 is 0 Å². The molecule has 1 fully saturated rings. The second-order valence-corrected chi connectivity index (χ2v) is 6.96. The van der Waals surface area contributed by atoms with Crippen molar-refractivity contribution in [2.24, 2.45) is 0 Å². The smallest absolute Gasteiger partial charge is 0.253 e. The number of carbonyl (C=O) groups is 1. The van der Waals surface area contributed by atoms with Gasteiger partial charge in [-0.2, -0.15) is 0 Å². The van der Waals surface area contributed by atoms with E-state index in [0.29, 0.717) is 18.3 Å². The molecule has 1 aliphatic rings. The Morgan fingerprint density at radius 3 is 2.59 bits per heavy atom. The molecule has 1 amide bonds. The van der Waals surface area contributed by atoms with Crippen molar-refractivity contribution in [3.63, 3.8) is 0 Å². The van der Waals surface area contributed by atoms with Crippen molar-refractivity contribution in [3.05, 3.63) is 64.2 Å². The number of likely N-dealkylation sites (tertiary alicyclic amines) is 1. The minimum absolute atomic E-state index is 0.0839. The molecule has 1 aliphatic heterocycles. The predicted molar refractivity (Wildman–Crippen MR) is 103 cm³/mol. The van der Waals surface area contributed by atoms with E-state index in [0.717, 1.165) is 50.7 Å². The van der Waals surface area contributed by atoms with E-state index in [1.807, 2.05) is 35.2 Å². The van der Waals surface area contributed by atoms with E-state index >= 15 is 0 Å². The van der Waals surface area contributed by atoms with Crippen LogP contribution in [0.25, 0.3) is 0 Å². The molecule has 27 heavy (non-hydrogen) atoms. The van der Waals surface area contributed by atoms with Crippen LogP contribution in [0.4, 0.5) is 0 Å². The Morgan fingerprint density at radius 1 is 1.26 bits per heavy atom. The predicted octanol–water partition coefficient (Wildman–Crippen LogP) is 2.86. The molecular weight excluding hydrogens is 344 g/mol.